The number of hydrogen-bond acceptors (Lipinski definition) is 2. The summed E-state index contributed by atoms with van der Waals surface area (Å²) in [4.78, 5) is 4.60. The molecule has 0 heterocycles. The molecule has 1 aliphatic carbocycles. The minimum Gasteiger partial charge on any atom is -0.345 e. The molecule has 0 aliphatic heterocycles. The van der Waals surface area contributed by atoms with Gasteiger partial charge in [0.15, 0.2) is 0 Å². The van der Waals surface area contributed by atoms with Gasteiger partial charge < -0.3 is 9.80 Å². The molecule has 5 aromatic rings. The van der Waals surface area contributed by atoms with Crippen LogP contribution in [-0.2, 0) is 6.42 Å². The molecule has 2 heteroatoms. The summed E-state index contributed by atoms with van der Waals surface area (Å²) < 4.78 is 0. The number of rotatable bonds is 5. The Morgan fingerprint density at radius 2 is 0.729 bits per heavy atom. The van der Waals surface area contributed by atoms with Crippen molar-refractivity contribution in [3.63, 3.8) is 0 Å². The van der Waals surface area contributed by atoms with E-state index in [-0.39, 0.29) is 0 Å². The standard InChI is InChI=1S/C32H26N2.7C2H6/c1-33(26-13-4-2-5-14-26)27-19-21-29(22-20-27)34(28-15-6-3-7-16-28)31-18-10-12-25-23-24-11-8-9-17-30(24)32(25)31;7*1-2/h2-22H,23H2,1H3;7*1-2H3. The van der Waals surface area contributed by atoms with Crippen molar-refractivity contribution < 1.29 is 0 Å². The molecule has 0 unspecified atom stereocenters. The summed E-state index contributed by atoms with van der Waals surface area (Å²) >= 11 is 0. The topological polar surface area (TPSA) is 6.48 Å². The average Bonchev–Trinajstić information content (AvgIpc) is 3.61. The van der Waals surface area contributed by atoms with Crippen molar-refractivity contribution in [2.45, 2.75) is 103 Å². The molecule has 6 rings (SSSR count). The van der Waals surface area contributed by atoms with Crippen molar-refractivity contribution in [2.75, 3.05) is 16.8 Å². The number of benzene rings is 5. The lowest BCUT2D eigenvalue weighted by Gasteiger charge is -2.28. The smallest absolute Gasteiger partial charge is 0.0543 e. The second kappa shape index (κ2) is 28.9. The van der Waals surface area contributed by atoms with Crippen molar-refractivity contribution in [3.05, 3.63) is 139 Å². The van der Waals surface area contributed by atoms with E-state index in [0.717, 1.165) is 23.5 Å². The molecule has 0 fully saturated rings. The zero-order valence-electron chi connectivity index (χ0n) is 33.2. The van der Waals surface area contributed by atoms with E-state index in [1.165, 1.54) is 33.6 Å². The van der Waals surface area contributed by atoms with Crippen LogP contribution in [0.4, 0.5) is 28.4 Å². The maximum absolute atomic E-state index is 2.38. The fourth-order valence-corrected chi connectivity index (χ4v) is 4.99. The van der Waals surface area contributed by atoms with Gasteiger partial charge in [0.25, 0.3) is 0 Å². The van der Waals surface area contributed by atoms with Gasteiger partial charge in [-0.1, -0.05) is 170 Å². The van der Waals surface area contributed by atoms with Crippen LogP contribution < -0.4 is 9.80 Å². The summed E-state index contributed by atoms with van der Waals surface area (Å²) in [5, 5.41) is 0. The molecule has 0 bridgehead atoms. The van der Waals surface area contributed by atoms with Crippen molar-refractivity contribution in [2.24, 2.45) is 0 Å². The van der Waals surface area contributed by atoms with E-state index in [1.807, 2.05) is 96.9 Å². The summed E-state index contributed by atoms with van der Waals surface area (Å²) in [7, 11) is 2.11. The van der Waals surface area contributed by atoms with Gasteiger partial charge in [-0.3, -0.25) is 0 Å². The molecule has 2 nitrogen and oxygen atoms in total. The monoisotopic (exact) mass is 649 g/mol. The van der Waals surface area contributed by atoms with Crippen LogP contribution in [0.25, 0.3) is 11.1 Å². The highest BCUT2D eigenvalue weighted by atomic mass is 15.1. The van der Waals surface area contributed by atoms with E-state index < -0.39 is 0 Å². The van der Waals surface area contributed by atoms with Crippen LogP contribution in [-0.4, -0.2) is 7.05 Å². The second-order valence-electron chi connectivity index (χ2n) is 8.73. The van der Waals surface area contributed by atoms with Gasteiger partial charge in [-0.15, -0.1) is 0 Å². The number of para-hydroxylation sites is 2. The maximum atomic E-state index is 2.38. The Kier molecular flexibility index (Phi) is 27.6. The minimum absolute atomic E-state index is 0.989. The van der Waals surface area contributed by atoms with Gasteiger partial charge in [-0.2, -0.15) is 0 Å². The van der Waals surface area contributed by atoms with Crippen LogP contribution in [0.5, 0.6) is 0 Å². The first kappa shape index (κ1) is 45.8. The first-order valence-electron chi connectivity index (χ1n) is 18.7. The van der Waals surface area contributed by atoms with Gasteiger partial charge in [0, 0.05) is 35.4 Å². The van der Waals surface area contributed by atoms with Crippen LogP contribution in [0.2, 0.25) is 0 Å². The molecule has 0 amide bonds. The Morgan fingerprint density at radius 1 is 0.354 bits per heavy atom. The third-order valence-electron chi connectivity index (χ3n) is 6.69. The Labute approximate surface area is 297 Å². The summed E-state index contributed by atoms with van der Waals surface area (Å²) in [6.07, 6.45) is 0.989. The zero-order valence-corrected chi connectivity index (χ0v) is 33.2. The van der Waals surface area contributed by atoms with Gasteiger partial charge in [0.05, 0.1) is 5.69 Å². The zero-order chi connectivity index (χ0) is 36.9. The lowest BCUT2D eigenvalue weighted by Crippen LogP contribution is -2.12. The first-order valence-corrected chi connectivity index (χ1v) is 18.7. The summed E-state index contributed by atoms with van der Waals surface area (Å²) in [5.74, 6) is 0. The van der Waals surface area contributed by atoms with E-state index in [2.05, 4.69) is 144 Å². The highest BCUT2D eigenvalue weighted by Gasteiger charge is 2.25. The molecule has 0 spiro atoms. The first-order chi connectivity index (χ1) is 23.8. The second-order valence-corrected chi connectivity index (χ2v) is 8.73. The van der Waals surface area contributed by atoms with Gasteiger partial charge in [-0.05, 0) is 77.7 Å². The van der Waals surface area contributed by atoms with Gasteiger partial charge in [-0.25, -0.2) is 0 Å². The van der Waals surface area contributed by atoms with Crippen LogP contribution >= 0.6 is 0 Å². The van der Waals surface area contributed by atoms with Gasteiger partial charge >= 0.3 is 0 Å². The Morgan fingerprint density at radius 3 is 1.25 bits per heavy atom. The summed E-state index contributed by atoms with van der Waals surface area (Å²) in [6.45, 7) is 28.0. The Hall–Kier alpha value is -4.30. The molecule has 0 saturated heterocycles. The summed E-state index contributed by atoms with van der Waals surface area (Å²) in [5.41, 5.74) is 11.3. The fourth-order valence-electron chi connectivity index (χ4n) is 4.99. The molecule has 1 aliphatic rings. The lowest BCUT2D eigenvalue weighted by molar-refractivity contribution is 1.20. The molecule has 262 valence electrons. The third kappa shape index (κ3) is 12.4. The minimum atomic E-state index is 0.989. The number of fused-ring (bicyclic) bond motifs is 3. The normalized spacial score (nSPS) is 9.06. The number of hydrogen-bond donors (Lipinski definition) is 0. The molecule has 48 heavy (non-hydrogen) atoms. The Bertz CT molecular complexity index is 1420. The van der Waals surface area contributed by atoms with Crippen LogP contribution in [0.1, 0.15) is 108 Å². The molecule has 0 aromatic heterocycles. The number of nitrogens with zero attached hydrogens (tertiary/aromatic N) is 2. The maximum Gasteiger partial charge on any atom is 0.0543 e. The molecule has 0 saturated carbocycles. The van der Waals surface area contributed by atoms with Crippen molar-refractivity contribution in [1.82, 2.24) is 0 Å². The van der Waals surface area contributed by atoms with E-state index in [1.54, 1.807) is 0 Å². The molecule has 0 radical (unpaired) electrons. The molecular formula is C46H68N2. The van der Waals surface area contributed by atoms with Crippen molar-refractivity contribution in [3.8, 4) is 11.1 Å². The third-order valence-corrected chi connectivity index (χ3v) is 6.69. The summed E-state index contributed by atoms with van der Waals surface area (Å²) in [6, 6.07) is 45.5. The molecule has 0 atom stereocenters. The van der Waals surface area contributed by atoms with E-state index >= 15 is 0 Å². The van der Waals surface area contributed by atoms with Crippen molar-refractivity contribution >= 4 is 28.4 Å². The van der Waals surface area contributed by atoms with Crippen LogP contribution in [0.3, 0.4) is 0 Å². The highest BCUT2D eigenvalue weighted by molar-refractivity contribution is 5.93. The average molecular weight is 649 g/mol. The predicted octanol–water partition coefficient (Wildman–Crippen LogP) is 15.7. The SMILES string of the molecule is CC.CC.CC.CC.CC.CC.CC.CN(c1ccccc1)c1ccc(N(c2ccccc2)c2cccc3c2-c2ccccc2C3)cc1. The molecule has 5 aromatic carbocycles. The van der Waals surface area contributed by atoms with Crippen LogP contribution in [0.15, 0.2) is 127 Å². The largest absolute Gasteiger partial charge is 0.345 e. The van der Waals surface area contributed by atoms with E-state index in [0.29, 0.717) is 0 Å². The quantitative estimate of drug-likeness (QED) is 0.183. The fraction of sp³-hybridized carbons (Fsp3) is 0.348. The Balaban J connectivity index is 0. The van der Waals surface area contributed by atoms with E-state index in [9.17, 15) is 0 Å². The molecule has 0 N–H and O–H groups in total. The number of anilines is 5. The molecular weight excluding hydrogens is 581 g/mol. The highest BCUT2D eigenvalue weighted by Crippen LogP contribution is 2.47. The predicted molar refractivity (Wildman–Crippen MR) is 223 cm³/mol. The van der Waals surface area contributed by atoms with Gasteiger partial charge in [0.2, 0.25) is 0 Å². The van der Waals surface area contributed by atoms with Crippen LogP contribution in [0, 0.1) is 0 Å². The van der Waals surface area contributed by atoms with Crippen molar-refractivity contribution in [1.29, 1.82) is 0 Å². The van der Waals surface area contributed by atoms with E-state index in [4.69, 9.17) is 0 Å². The lowest BCUT2D eigenvalue weighted by atomic mass is 10.0. The van der Waals surface area contributed by atoms with Gasteiger partial charge in [0.1, 0.15) is 0 Å².